The first kappa shape index (κ1) is 15.7. The van der Waals surface area contributed by atoms with Gasteiger partial charge in [-0.05, 0) is 30.5 Å². The Morgan fingerprint density at radius 3 is 2.57 bits per heavy atom. The minimum atomic E-state index is -3.76. The molecule has 1 atom stereocenters. The molecular weight excluding hydrogens is 314 g/mol. The molecule has 23 heavy (non-hydrogen) atoms. The van der Waals surface area contributed by atoms with Crippen LogP contribution in [0.4, 0.5) is 0 Å². The summed E-state index contributed by atoms with van der Waals surface area (Å²) in [5.41, 5.74) is -1.43. The molecule has 0 fully saturated rings. The van der Waals surface area contributed by atoms with E-state index in [0.717, 1.165) is 5.39 Å². The molecule has 0 saturated carbocycles. The lowest BCUT2D eigenvalue weighted by Crippen LogP contribution is -2.38. The van der Waals surface area contributed by atoms with Crippen LogP contribution >= 0.6 is 0 Å². The van der Waals surface area contributed by atoms with Crippen LogP contribution in [0.3, 0.4) is 0 Å². The van der Waals surface area contributed by atoms with E-state index < -0.39 is 15.6 Å². The number of fused-ring (bicyclic) bond motifs is 1. The zero-order valence-corrected chi connectivity index (χ0v) is 13.4. The number of hydrogen-bond acceptors (Lipinski definition) is 4. The molecule has 0 saturated heterocycles. The van der Waals surface area contributed by atoms with E-state index in [2.05, 4.69) is 4.72 Å². The molecule has 5 nitrogen and oxygen atoms in total. The van der Waals surface area contributed by atoms with Crippen LogP contribution in [0.25, 0.3) is 10.8 Å². The SMILES string of the molecule is C[C@@](O)(CNS(=O)(=O)c1cccc2ccccc12)c1ccco1. The van der Waals surface area contributed by atoms with Crippen molar-refractivity contribution in [1.29, 1.82) is 0 Å². The summed E-state index contributed by atoms with van der Waals surface area (Å²) in [6.07, 6.45) is 1.43. The van der Waals surface area contributed by atoms with E-state index in [0.29, 0.717) is 11.1 Å². The Morgan fingerprint density at radius 1 is 1.09 bits per heavy atom. The van der Waals surface area contributed by atoms with Gasteiger partial charge in [-0.2, -0.15) is 0 Å². The van der Waals surface area contributed by atoms with Crippen molar-refractivity contribution in [2.75, 3.05) is 6.54 Å². The predicted molar refractivity (Wildman–Crippen MR) is 87.4 cm³/mol. The van der Waals surface area contributed by atoms with Gasteiger partial charge in [0.2, 0.25) is 10.0 Å². The first-order chi connectivity index (χ1) is 10.9. The van der Waals surface area contributed by atoms with E-state index in [-0.39, 0.29) is 11.4 Å². The quantitative estimate of drug-likeness (QED) is 0.753. The normalized spacial score (nSPS) is 14.7. The van der Waals surface area contributed by atoms with Gasteiger partial charge in [-0.25, -0.2) is 13.1 Å². The average molecular weight is 331 g/mol. The molecule has 0 aliphatic rings. The van der Waals surface area contributed by atoms with Gasteiger partial charge in [0.25, 0.3) is 0 Å². The maximum Gasteiger partial charge on any atom is 0.241 e. The number of hydrogen-bond donors (Lipinski definition) is 2. The van der Waals surface area contributed by atoms with E-state index >= 15 is 0 Å². The number of benzene rings is 2. The number of sulfonamides is 1. The summed E-state index contributed by atoms with van der Waals surface area (Å²) in [7, 11) is -3.76. The molecule has 1 heterocycles. The van der Waals surface area contributed by atoms with Crippen molar-refractivity contribution in [2.45, 2.75) is 17.4 Å². The third kappa shape index (κ3) is 3.14. The Kier molecular flexibility index (Phi) is 3.97. The van der Waals surface area contributed by atoms with Gasteiger partial charge in [0, 0.05) is 11.9 Å². The lowest BCUT2D eigenvalue weighted by Gasteiger charge is -2.21. The molecule has 2 N–H and O–H groups in total. The highest BCUT2D eigenvalue weighted by molar-refractivity contribution is 7.89. The molecule has 0 bridgehead atoms. The van der Waals surface area contributed by atoms with Crippen molar-refractivity contribution >= 4 is 20.8 Å². The molecule has 0 radical (unpaired) electrons. The largest absolute Gasteiger partial charge is 0.466 e. The van der Waals surface area contributed by atoms with Gasteiger partial charge in [-0.3, -0.25) is 0 Å². The first-order valence-electron chi connectivity index (χ1n) is 7.14. The van der Waals surface area contributed by atoms with Gasteiger partial charge >= 0.3 is 0 Å². The molecule has 0 amide bonds. The number of aliphatic hydroxyl groups is 1. The fraction of sp³-hybridized carbons (Fsp3) is 0.176. The van der Waals surface area contributed by atoms with E-state index in [4.69, 9.17) is 4.42 Å². The molecular formula is C17H17NO4S. The van der Waals surface area contributed by atoms with Crippen LogP contribution in [-0.4, -0.2) is 20.1 Å². The van der Waals surface area contributed by atoms with Crippen molar-refractivity contribution in [1.82, 2.24) is 4.72 Å². The summed E-state index contributed by atoms with van der Waals surface area (Å²) < 4.78 is 32.8. The Bertz CT molecular complexity index is 909. The summed E-state index contributed by atoms with van der Waals surface area (Å²) in [5.74, 6) is 0.304. The molecule has 0 spiro atoms. The molecule has 3 rings (SSSR count). The van der Waals surface area contributed by atoms with Crippen molar-refractivity contribution in [2.24, 2.45) is 0 Å². The van der Waals surface area contributed by atoms with Gasteiger partial charge in [-0.15, -0.1) is 0 Å². The Hall–Kier alpha value is -2.15. The van der Waals surface area contributed by atoms with Crippen LogP contribution in [-0.2, 0) is 15.6 Å². The lowest BCUT2D eigenvalue weighted by atomic mass is 10.1. The maximum absolute atomic E-state index is 12.6. The van der Waals surface area contributed by atoms with Crippen LogP contribution in [0, 0.1) is 0 Å². The smallest absolute Gasteiger partial charge is 0.241 e. The van der Waals surface area contributed by atoms with Gasteiger partial charge in [0.15, 0.2) is 0 Å². The van der Waals surface area contributed by atoms with Crippen molar-refractivity contribution in [3.8, 4) is 0 Å². The third-order valence-electron chi connectivity index (χ3n) is 3.70. The second kappa shape index (κ2) is 5.81. The summed E-state index contributed by atoms with van der Waals surface area (Å²) >= 11 is 0. The minimum Gasteiger partial charge on any atom is -0.466 e. The summed E-state index contributed by atoms with van der Waals surface area (Å²) in [4.78, 5) is 0.186. The van der Waals surface area contributed by atoms with Crippen LogP contribution in [0.5, 0.6) is 0 Å². The highest BCUT2D eigenvalue weighted by atomic mass is 32.2. The summed E-state index contributed by atoms with van der Waals surface area (Å²) in [5, 5.41) is 11.9. The zero-order valence-electron chi connectivity index (χ0n) is 12.6. The van der Waals surface area contributed by atoms with E-state index in [1.165, 1.54) is 13.2 Å². The number of nitrogens with one attached hydrogen (secondary N) is 1. The van der Waals surface area contributed by atoms with Crippen LogP contribution in [0.1, 0.15) is 12.7 Å². The Morgan fingerprint density at radius 2 is 1.83 bits per heavy atom. The van der Waals surface area contributed by atoms with E-state index in [1.54, 1.807) is 36.4 Å². The van der Waals surface area contributed by atoms with E-state index in [1.807, 2.05) is 18.2 Å². The molecule has 0 unspecified atom stereocenters. The average Bonchev–Trinajstić information content (AvgIpc) is 3.08. The highest BCUT2D eigenvalue weighted by Crippen LogP contribution is 2.24. The van der Waals surface area contributed by atoms with Gasteiger partial charge in [-0.1, -0.05) is 36.4 Å². The van der Waals surface area contributed by atoms with Gasteiger partial charge in [0.05, 0.1) is 11.2 Å². The fourth-order valence-corrected chi connectivity index (χ4v) is 3.78. The van der Waals surface area contributed by atoms with Crippen LogP contribution in [0.2, 0.25) is 0 Å². The Labute approximate surface area is 134 Å². The molecule has 1 aromatic heterocycles. The van der Waals surface area contributed by atoms with Gasteiger partial charge < -0.3 is 9.52 Å². The molecule has 120 valence electrons. The van der Waals surface area contributed by atoms with Gasteiger partial charge in [0.1, 0.15) is 11.4 Å². The first-order valence-corrected chi connectivity index (χ1v) is 8.62. The fourth-order valence-electron chi connectivity index (χ4n) is 2.42. The number of furan rings is 1. The zero-order chi connectivity index (χ0) is 16.5. The molecule has 0 aliphatic carbocycles. The van der Waals surface area contributed by atoms with Crippen molar-refractivity contribution in [3.05, 3.63) is 66.6 Å². The summed E-state index contributed by atoms with van der Waals surface area (Å²) in [6, 6.07) is 15.6. The molecule has 2 aromatic carbocycles. The maximum atomic E-state index is 12.6. The second-order valence-corrected chi connectivity index (χ2v) is 7.29. The predicted octanol–water partition coefficient (Wildman–Crippen LogP) is 2.62. The highest BCUT2D eigenvalue weighted by Gasteiger charge is 2.29. The minimum absolute atomic E-state index is 0.186. The molecule has 3 aromatic rings. The molecule has 0 aliphatic heterocycles. The monoisotopic (exact) mass is 331 g/mol. The Balaban J connectivity index is 1.90. The van der Waals surface area contributed by atoms with Crippen LogP contribution in [0.15, 0.2) is 70.2 Å². The second-order valence-electron chi connectivity index (χ2n) is 5.55. The third-order valence-corrected chi connectivity index (χ3v) is 5.16. The lowest BCUT2D eigenvalue weighted by molar-refractivity contribution is 0.0395. The summed E-state index contributed by atoms with van der Waals surface area (Å²) in [6.45, 7) is 1.31. The topological polar surface area (TPSA) is 79.5 Å². The van der Waals surface area contributed by atoms with Crippen molar-refractivity contribution < 1.29 is 17.9 Å². The standard InChI is InChI=1S/C17H17NO4S/c1-17(19,16-10-5-11-22-16)12-18-23(20,21)15-9-4-7-13-6-2-3-8-14(13)15/h2-11,18-19H,12H2,1H3/t17-/m1/s1. The molecule has 6 heteroatoms. The van der Waals surface area contributed by atoms with Crippen molar-refractivity contribution in [3.63, 3.8) is 0 Å². The number of rotatable bonds is 5. The van der Waals surface area contributed by atoms with E-state index in [9.17, 15) is 13.5 Å². The van der Waals surface area contributed by atoms with Crippen LogP contribution < -0.4 is 4.72 Å².